The maximum absolute atomic E-state index is 11.3. The van der Waals surface area contributed by atoms with Gasteiger partial charge >= 0.3 is 151 Å². The molecule has 1 aromatic carbocycles. The Morgan fingerprint density at radius 3 is 2.55 bits per heavy atom. The van der Waals surface area contributed by atoms with Gasteiger partial charge in [-0.15, -0.1) is 0 Å². The normalized spacial score (nSPS) is 12.8. The van der Waals surface area contributed by atoms with Crippen molar-refractivity contribution in [3.8, 4) is 0 Å². The van der Waals surface area contributed by atoms with Crippen LogP contribution in [0, 0.1) is 6.92 Å². The standard InChI is InChI=1S/C13H18NO5S2.Na/c1-3-14(8-10-21(17,18)19)13-6-4-5-11(2)12(13)7-9-20(15)16;/h4-6,9-10H,3,7-8H2,1-2H3,(H,17,18,19);. The second-order valence-electron chi connectivity index (χ2n) is 5.07. The molecule has 0 aliphatic carbocycles. The molecule has 118 valence electrons. The third kappa shape index (κ3) is 5.68. The first-order chi connectivity index (χ1) is 10.2. The van der Waals surface area contributed by atoms with E-state index >= 15 is 0 Å². The van der Waals surface area contributed by atoms with Crippen LogP contribution in [0.2, 0.25) is 0 Å². The summed E-state index contributed by atoms with van der Waals surface area (Å²) in [6.45, 7) is 4.53. The number of anilines is 1. The van der Waals surface area contributed by atoms with Gasteiger partial charge in [0.2, 0.25) is 0 Å². The van der Waals surface area contributed by atoms with Crippen molar-refractivity contribution in [2.45, 2.75) is 22.8 Å². The molecule has 22 heavy (non-hydrogen) atoms. The van der Waals surface area contributed by atoms with Gasteiger partial charge in [0.15, 0.2) is 0 Å². The van der Waals surface area contributed by atoms with Crippen molar-refractivity contribution in [1.29, 1.82) is 0 Å². The van der Waals surface area contributed by atoms with Gasteiger partial charge in [0, 0.05) is 0 Å². The van der Waals surface area contributed by atoms with Crippen molar-refractivity contribution in [2.24, 2.45) is 0 Å². The van der Waals surface area contributed by atoms with Crippen LogP contribution in [0.15, 0.2) is 18.2 Å². The van der Waals surface area contributed by atoms with E-state index in [0.717, 1.165) is 16.8 Å². The SMILES string of the molecule is CCN(C[CH]([Na])S(=O)(=O)O)c1cccc(C)c1CC=S(=O)=O. The second kappa shape index (κ2) is 8.47. The fraction of sp³-hybridized carbons (Fsp3) is 0.462. The fourth-order valence-corrected chi connectivity index (χ4v) is 3.31. The molecule has 9 heteroatoms. The number of aryl methyl sites for hydroxylation is 1. The summed E-state index contributed by atoms with van der Waals surface area (Å²) < 4.78 is 52.4. The predicted octanol–water partition coefficient (Wildman–Crippen LogP) is 0.428. The van der Waals surface area contributed by atoms with E-state index in [1.165, 1.54) is 5.37 Å². The molecular weight excluding hydrogens is 337 g/mol. The second-order valence-corrected chi connectivity index (χ2v) is 9.99. The van der Waals surface area contributed by atoms with Gasteiger partial charge in [-0.05, 0) is 0 Å². The molecule has 1 N–H and O–H groups in total. The molecule has 0 spiro atoms. The zero-order valence-electron chi connectivity index (χ0n) is 12.9. The van der Waals surface area contributed by atoms with Gasteiger partial charge in [0.25, 0.3) is 0 Å². The summed E-state index contributed by atoms with van der Waals surface area (Å²) in [6, 6.07) is 5.57. The summed E-state index contributed by atoms with van der Waals surface area (Å²) in [4.78, 5) is 1.86. The molecule has 1 atom stereocenters. The minimum absolute atomic E-state index is 0.193. The van der Waals surface area contributed by atoms with Gasteiger partial charge in [0.1, 0.15) is 0 Å². The molecule has 0 fully saturated rings. The van der Waals surface area contributed by atoms with E-state index in [2.05, 4.69) is 0 Å². The van der Waals surface area contributed by atoms with E-state index in [9.17, 15) is 21.4 Å². The Bertz CT molecular complexity index is 751. The molecule has 0 radical (unpaired) electrons. The minimum atomic E-state index is -4.05. The third-order valence-electron chi connectivity index (χ3n) is 3.52. The number of rotatable bonds is 7. The van der Waals surface area contributed by atoms with Crippen LogP contribution < -0.4 is 4.90 Å². The van der Waals surface area contributed by atoms with Crippen LogP contribution in [0.3, 0.4) is 0 Å². The van der Waals surface area contributed by atoms with Crippen LogP contribution in [0.5, 0.6) is 0 Å². The number of hydrogen-bond donors (Lipinski definition) is 1. The Balaban J connectivity index is 3.22. The molecule has 1 aromatic rings. The summed E-state index contributed by atoms with van der Waals surface area (Å²) in [5.41, 5.74) is 2.58. The first-order valence-corrected chi connectivity index (χ1v) is 10.7. The molecule has 0 aliphatic rings. The fourth-order valence-electron chi connectivity index (χ4n) is 2.20. The van der Waals surface area contributed by atoms with Crippen LogP contribution >= 0.6 is 0 Å². The van der Waals surface area contributed by atoms with Crippen molar-refractivity contribution in [3.63, 3.8) is 0 Å². The van der Waals surface area contributed by atoms with Crippen LogP contribution in [0.1, 0.15) is 18.1 Å². The Kier molecular flexibility index (Phi) is 7.57. The van der Waals surface area contributed by atoms with Gasteiger partial charge in [0.05, 0.1) is 0 Å². The van der Waals surface area contributed by atoms with Crippen molar-refractivity contribution in [1.82, 2.24) is 0 Å². The third-order valence-corrected chi connectivity index (χ3v) is 7.27. The number of nitrogens with zero attached hydrogens (tertiary/aromatic N) is 1. The first kappa shape index (κ1) is 19.7. The quantitative estimate of drug-likeness (QED) is 0.433. The number of benzene rings is 1. The van der Waals surface area contributed by atoms with Crippen molar-refractivity contribution in [3.05, 3.63) is 29.3 Å². The molecule has 0 saturated carbocycles. The molecule has 0 aromatic heterocycles. The summed E-state index contributed by atoms with van der Waals surface area (Å²) >= 11 is 0.311. The van der Waals surface area contributed by atoms with E-state index in [4.69, 9.17) is 0 Å². The molecular formula is C13H18NNaO5S2. The zero-order chi connectivity index (χ0) is 16.9. The van der Waals surface area contributed by atoms with Gasteiger partial charge in [-0.25, -0.2) is 0 Å². The molecule has 0 saturated heterocycles. The Labute approximate surface area is 150 Å². The van der Waals surface area contributed by atoms with Gasteiger partial charge in [-0.3, -0.25) is 0 Å². The summed E-state index contributed by atoms with van der Waals surface area (Å²) in [7, 11) is -6.30. The molecule has 1 unspecified atom stereocenters. The average molecular weight is 355 g/mol. The Hall–Kier alpha value is -0.380. The van der Waals surface area contributed by atoms with Crippen LogP contribution in [-0.4, -0.2) is 70.3 Å². The summed E-state index contributed by atoms with van der Waals surface area (Å²) in [5.74, 6) is 0. The topological polar surface area (TPSA) is 91.8 Å². The summed E-state index contributed by atoms with van der Waals surface area (Å²) in [6.07, 6.45) is 0.256. The van der Waals surface area contributed by atoms with Gasteiger partial charge in [-0.1, -0.05) is 0 Å². The Morgan fingerprint density at radius 2 is 2.05 bits per heavy atom. The van der Waals surface area contributed by atoms with E-state index in [-0.39, 0.29) is 13.0 Å². The first-order valence-electron chi connectivity index (χ1n) is 6.88. The molecule has 6 nitrogen and oxygen atoms in total. The number of hydrogen-bond acceptors (Lipinski definition) is 5. The predicted molar refractivity (Wildman–Crippen MR) is 88.8 cm³/mol. The monoisotopic (exact) mass is 355 g/mol. The van der Waals surface area contributed by atoms with Gasteiger partial charge < -0.3 is 0 Å². The van der Waals surface area contributed by atoms with Crippen molar-refractivity contribution < 1.29 is 21.4 Å². The maximum atomic E-state index is 11.3. The molecule has 0 aliphatic heterocycles. The zero-order valence-corrected chi connectivity index (χ0v) is 16.5. The Morgan fingerprint density at radius 1 is 1.41 bits per heavy atom. The summed E-state index contributed by atoms with van der Waals surface area (Å²) in [5, 5.41) is 1.18. The van der Waals surface area contributed by atoms with E-state index in [1.54, 1.807) is 0 Å². The molecule has 0 amide bonds. The molecule has 0 bridgehead atoms. The van der Waals surface area contributed by atoms with Crippen LogP contribution in [-0.2, 0) is 26.8 Å². The van der Waals surface area contributed by atoms with Crippen LogP contribution in [0.25, 0.3) is 0 Å². The molecule has 0 heterocycles. The molecule has 1 rings (SSSR count). The van der Waals surface area contributed by atoms with Crippen molar-refractivity contribution >= 4 is 59.4 Å². The van der Waals surface area contributed by atoms with E-state index < -0.39 is 22.9 Å². The van der Waals surface area contributed by atoms with E-state index in [0.29, 0.717) is 34.5 Å². The van der Waals surface area contributed by atoms with Gasteiger partial charge in [-0.2, -0.15) is 0 Å². The van der Waals surface area contributed by atoms with Crippen molar-refractivity contribution in [2.75, 3.05) is 18.0 Å². The average Bonchev–Trinajstić information content (AvgIpc) is 2.41. The van der Waals surface area contributed by atoms with Crippen LogP contribution in [0.4, 0.5) is 5.69 Å². The van der Waals surface area contributed by atoms with E-state index in [1.807, 2.05) is 36.9 Å².